The van der Waals surface area contributed by atoms with E-state index in [-0.39, 0.29) is 5.91 Å². The van der Waals surface area contributed by atoms with Crippen LogP contribution in [0.2, 0.25) is 0 Å². The van der Waals surface area contributed by atoms with Crippen LogP contribution in [0, 0.1) is 0 Å². The predicted octanol–water partition coefficient (Wildman–Crippen LogP) is 3.71. The van der Waals surface area contributed by atoms with Gasteiger partial charge in [0, 0.05) is 24.9 Å². The molecule has 0 aliphatic rings. The lowest BCUT2D eigenvalue weighted by atomic mass is 10.2. The molecule has 3 N–H and O–H groups in total. The Morgan fingerprint density at radius 1 is 0.885 bits per heavy atom. The summed E-state index contributed by atoms with van der Waals surface area (Å²) in [6.07, 6.45) is 3.23. The van der Waals surface area contributed by atoms with Crippen LogP contribution in [0.25, 0.3) is 6.08 Å². The molecule has 3 aromatic rings. The standard InChI is InChI=1S/C19H19N5OS/c25-17(12-11-15-7-3-1-4-8-15)22-19-24-23-18(26-19)21-14-13-20-16-9-5-2-6-10-16/h1-12,20H,13-14H2,(H,21,23)(H,22,24,25)/b12-11+. The van der Waals surface area contributed by atoms with E-state index in [9.17, 15) is 4.79 Å². The maximum atomic E-state index is 11.9. The van der Waals surface area contributed by atoms with Gasteiger partial charge in [-0.3, -0.25) is 10.1 Å². The highest BCUT2D eigenvalue weighted by Crippen LogP contribution is 2.19. The number of hydrogen-bond acceptors (Lipinski definition) is 6. The van der Waals surface area contributed by atoms with Crippen LogP contribution in [0.3, 0.4) is 0 Å². The third kappa shape index (κ3) is 5.71. The molecule has 26 heavy (non-hydrogen) atoms. The van der Waals surface area contributed by atoms with Crippen LogP contribution in [0.5, 0.6) is 0 Å². The summed E-state index contributed by atoms with van der Waals surface area (Å²) in [6, 6.07) is 19.6. The average Bonchev–Trinajstić information content (AvgIpc) is 3.12. The largest absolute Gasteiger partial charge is 0.383 e. The molecule has 0 saturated heterocycles. The van der Waals surface area contributed by atoms with Crippen molar-refractivity contribution in [3.05, 3.63) is 72.3 Å². The maximum Gasteiger partial charge on any atom is 0.250 e. The molecule has 3 rings (SSSR count). The Kier molecular flexibility index (Phi) is 6.33. The van der Waals surface area contributed by atoms with Crippen LogP contribution in [-0.4, -0.2) is 29.2 Å². The highest BCUT2D eigenvalue weighted by molar-refractivity contribution is 7.19. The first kappa shape index (κ1) is 17.6. The molecule has 6 nitrogen and oxygen atoms in total. The summed E-state index contributed by atoms with van der Waals surface area (Å²) >= 11 is 1.30. The van der Waals surface area contributed by atoms with Gasteiger partial charge in [-0.05, 0) is 23.8 Å². The van der Waals surface area contributed by atoms with Gasteiger partial charge in [0.25, 0.3) is 0 Å². The normalized spacial score (nSPS) is 10.6. The summed E-state index contributed by atoms with van der Waals surface area (Å²) in [6.45, 7) is 1.45. The van der Waals surface area contributed by atoms with E-state index in [0.717, 1.165) is 17.8 Å². The van der Waals surface area contributed by atoms with Crippen molar-refractivity contribution in [1.82, 2.24) is 10.2 Å². The zero-order valence-electron chi connectivity index (χ0n) is 14.1. The minimum absolute atomic E-state index is 0.234. The summed E-state index contributed by atoms with van der Waals surface area (Å²) in [7, 11) is 0. The number of nitrogens with zero attached hydrogens (tertiary/aromatic N) is 2. The number of benzene rings is 2. The van der Waals surface area contributed by atoms with Crippen molar-refractivity contribution in [3.63, 3.8) is 0 Å². The van der Waals surface area contributed by atoms with E-state index in [4.69, 9.17) is 0 Å². The average molecular weight is 365 g/mol. The van der Waals surface area contributed by atoms with Gasteiger partial charge in [-0.25, -0.2) is 0 Å². The summed E-state index contributed by atoms with van der Waals surface area (Å²) in [5.74, 6) is -0.234. The molecule has 0 spiro atoms. The van der Waals surface area contributed by atoms with Crippen molar-refractivity contribution in [2.45, 2.75) is 0 Å². The molecule has 0 fully saturated rings. The lowest BCUT2D eigenvalue weighted by Gasteiger charge is -2.05. The zero-order valence-corrected chi connectivity index (χ0v) is 14.9. The van der Waals surface area contributed by atoms with Gasteiger partial charge in [0.05, 0.1) is 0 Å². The second kappa shape index (κ2) is 9.33. The predicted molar refractivity (Wildman–Crippen MR) is 107 cm³/mol. The number of carbonyl (C=O) groups is 1. The van der Waals surface area contributed by atoms with Crippen molar-refractivity contribution in [1.29, 1.82) is 0 Å². The Hall–Kier alpha value is -3.19. The van der Waals surface area contributed by atoms with E-state index in [1.54, 1.807) is 6.08 Å². The fourth-order valence-corrected chi connectivity index (χ4v) is 2.83. The Bertz CT molecular complexity index is 849. The Morgan fingerprint density at radius 3 is 2.31 bits per heavy atom. The van der Waals surface area contributed by atoms with Crippen molar-refractivity contribution >= 4 is 39.3 Å². The number of hydrogen-bond donors (Lipinski definition) is 3. The van der Waals surface area contributed by atoms with Crippen molar-refractivity contribution in [2.24, 2.45) is 0 Å². The number of anilines is 3. The zero-order chi connectivity index (χ0) is 18.0. The number of carbonyl (C=O) groups excluding carboxylic acids is 1. The monoisotopic (exact) mass is 365 g/mol. The first-order chi connectivity index (χ1) is 12.8. The second-order valence-corrected chi connectivity index (χ2v) is 6.34. The molecule has 1 aromatic heterocycles. The molecule has 7 heteroatoms. The summed E-state index contributed by atoms with van der Waals surface area (Å²) < 4.78 is 0. The van der Waals surface area contributed by atoms with Crippen LogP contribution in [0.4, 0.5) is 16.0 Å². The molecular weight excluding hydrogens is 346 g/mol. The highest BCUT2D eigenvalue weighted by Gasteiger charge is 2.05. The number of aromatic nitrogens is 2. The minimum Gasteiger partial charge on any atom is -0.383 e. The van der Waals surface area contributed by atoms with Gasteiger partial charge in [0.1, 0.15) is 0 Å². The van der Waals surface area contributed by atoms with E-state index in [2.05, 4.69) is 26.1 Å². The van der Waals surface area contributed by atoms with Gasteiger partial charge in [-0.1, -0.05) is 59.9 Å². The first-order valence-electron chi connectivity index (χ1n) is 8.20. The quantitative estimate of drug-likeness (QED) is 0.419. The summed E-state index contributed by atoms with van der Waals surface area (Å²) in [4.78, 5) is 11.9. The van der Waals surface area contributed by atoms with Gasteiger partial charge >= 0.3 is 0 Å². The van der Waals surface area contributed by atoms with Crippen molar-refractivity contribution < 1.29 is 4.79 Å². The van der Waals surface area contributed by atoms with Crippen LogP contribution in [0.15, 0.2) is 66.7 Å². The SMILES string of the molecule is O=C(/C=C/c1ccccc1)Nc1nnc(NCCNc2ccccc2)s1. The van der Waals surface area contributed by atoms with Gasteiger partial charge < -0.3 is 10.6 Å². The van der Waals surface area contributed by atoms with Crippen LogP contribution in [-0.2, 0) is 4.79 Å². The third-order valence-electron chi connectivity index (χ3n) is 3.39. The third-order valence-corrected chi connectivity index (χ3v) is 4.18. The van der Waals surface area contributed by atoms with Gasteiger partial charge in [0.15, 0.2) is 0 Å². The van der Waals surface area contributed by atoms with E-state index >= 15 is 0 Å². The molecule has 0 aliphatic heterocycles. The fourth-order valence-electron chi connectivity index (χ4n) is 2.16. The number of rotatable bonds is 8. The minimum atomic E-state index is -0.234. The molecule has 0 aliphatic carbocycles. The molecule has 0 atom stereocenters. The van der Waals surface area contributed by atoms with Crippen molar-refractivity contribution in [3.8, 4) is 0 Å². The Balaban J connectivity index is 1.41. The first-order valence-corrected chi connectivity index (χ1v) is 9.02. The number of nitrogens with one attached hydrogen (secondary N) is 3. The molecule has 0 radical (unpaired) electrons. The molecule has 0 unspecified atom stereocenters. The van der Waals surface area contributed by atoms with Gasteiger partial charge in [-0.15, -0.1) is 10.2 Å². The summed E-state index contributed by atoms with van der Waals surface area (Å²) in [5.41, 5.74) is 2.04. The van der Waals surface area contributed by atoms with Crippen molar-refractivity contribution in [2.75, 3.05) is 29.0 Å². The number of amides is 1. The van der Waals surface area contributed by atoms with E-state index in [1.807, 2.05) is 60.7 Å². The van der Waals surface area contributed by atoms with Crippen LogP contribution < -0.4 is 16.0 Å². The molecule has 1 amide bonds. The van der Waals surface area contributed by atoms with Crippen LogP contribution in [0.1, 0.15) is 5.56 Å². The second-order valence-electron chi connectivity index (χ2n) is 5.37. The molecule has 132 valence electrons. The topological polar surface area (TPSA) is 78.9 Å². The lowest BCUT2D eigenvalue weighted by Crippen LogP contribution is -2.13. The molecule has 0 bridgehead atoms. The van der Waals surface area contributed by atoms with E-state index in [1.165, 1.54) is 17.4 Å². The Morgan fingerprint density at radius 2 is 1.54 bits per heavy atom. The lowest BCUT2D eigenvalue weighted by molar-refractivity contribution is -0.111. The molecular formula is C19H19N5OS. The number of para-hydroxylation sites is 1. The molecule has 0 saturated carbocycles. The highest BCUT2D eigenvalue weighted by atomic mass is 32.1. The summed E-state index contributed by atoms with van der Waals surface area (Å²) in [5, 5.41) is 18.3. The Labute approximate surface area is 156 Å². The van der Waals surface area contributed by atoms with Crippen LogP contribution >= 0.6 is 11.3 Å². The fraction of sp³-hybridized carbons (Fsp3) is 0.105. The molecule has 2 aromatic carbocycles. The van der Waals surface area contributed by atoms with E-state index in [0.29, 0.717) is 16.8 Å². The van der Waals surface area contributed by atoms with E-state index < -0.39 is 0 Å². The maximum absolute atomic E-state index is 11.9. The van der Waals surface area contributed by atoms with Gasteiger partial charge in [-0.2, -0.15) is 0 Å². The van der Waals surface area contributed by atoms with Gasteiger partial charge in [0.2, 0.25) is 16.2 Å². The smallest absolute Gasteiger partial charge is 0.250 e. The molecule has 1 heterocycles.